The van der Waals surface area contributed by atoms with Crippen LogP contribution in [0.3, 0.4) is 0 Å². The van der Waals surface area contributed by atoms with Gasteiger partial charge >= 0.3 is 0 Å². The second-order valence-electron chi connectivity index (χ2n) is 7.72. The van der Waals surface area contributed by atoms with E-state index in [1.807, 2.05) is 0 Å². The first-order chi connectivity index (χ1) is 9.70. The normalized spacial score (nSPS) is 23.7. The van der Waals surface area contributed by atoms with Crippen molar-refractivity contribution in [2.45, 2.75) is 53.6 Å². The van der Waals surface area contributed by atoms with Crippen molar-refractivity contribution in [3.05, 3.63) is 28.2 Å². The van der Waals surface area contributed by atoms with Crippen LogP contribution in [0, 0.1) is 18.3 Å². The van der Waals surface area contributed by atoms with Crippen molar-refractivity contribution in [3.8, 4) is 0 Å². The summed E-state index contributed by atoms with van der Waals surface area (Å²) in [6, 6.07) is 7.73. The van der Waals surface area contributed by atoms with Gasteiger partial charge in [0.05, 0.1) is 0 Å². The van der Waals surface area contributed by atoms with Crippen LogP contribution in [0.5, 0.6) is 0 Å². The Morgan fingerprint density at radius 3 is 2.48 bits per heavy atom. The molecule has 1 aromatic carbocycles. The Hall–Kier alpha value is -0.540. The lowest BCUT2D eigenvalue weighted by Crippen LogP contribution is -2.62. The van der Waals surface area contributed by atoms with Gasteiger partial charge in [-0.1, -0.05) is 50.5 Å². The Bertz CT molecular complexity index is 490. The number of aryl methyl sites for hydroxylation is 1. The van der Waals surface area contributed by atoms with E-state index >= 15 is 0 Å². The fourth-order valence-electron chi connectivity index (χ4n) is 3.16. The van der Waals surface area contributed by atoms with E-state index in [4.69, 9.17) is 0 Å². The lowest BCUT2D eigenvalue weighted by Gasteiger charge is -2.48. The van der Waals surface area contributed by atoms with Crippen molar-refractivity contribution < 1.29 is 0 Å². The Balaban J connectivity index is 2.34. The van der Waals surface area contributed by atoms with Crippen LogP contribution in [-0.2, 0) is 0 Å². The highest BCUT2D eigenvalue weighted by molar-refractivity contribution is 9.10. The van der Waals surface area contributed by atoms with Gasteiger partial charge < -0.3 is 10.2 Å². The number of halogens is 1. The monoisotopic (exact) mass is 352 g/mol. The smallest absolute Gasteiger partial charge is 0.0438 e. The first-order valence-electron chi connectivity index (χ1n) is 7.96. The van der Waals surface area contributed by atoms with Crippen LogP contribution in [0.25, 0.3) is 0 Å². The van der Waals surface area contributed by atoms with E-state index in [-0.39, 0.29) is 5.41 Å². The number of hydrogen-bond acceptors (Lipinski definition) is 2. The van der Waals surface area contributed by atoms with Crippen molar-refractivity contribution in [1.29, 1.82) is 0 Å². The average molecular weight is 353 g/mol. The number of rotatable bonds is 2. The van der Waals surface area contributed by atoms with Crippen molar-refractivity contribution in [1.82, 2.24) is 5.32 Å². The van der Waals surface area contributed by atoms with Gasteiger partial charge in [-0.3, -0.25) is 0 Å². The van der Waals surface area contributed by atoms with Crippen LogP contribution in [0.1, 0.15) is 40.2 Å². The molecule has 0 aliphatic carbocycles. The summed E-state index contributed by atoms with van der Waals surface area (Å²) in [5, 5.41) is 3.77. The number of piperazine rings is 1. The summed E-state index contributed by atoms with van der Waals surface area (Å²) >= 11 is 3.58. The number of hydrogen-bond donors (Lipinski definition) is 1. The zero-order valence-corrected chi connectivity index (χ0v) is 15.8. The zero-order valence-electron chi connectivity index (χ0n) is 14.2. The summed E-state index contributed by atoms with van der Waals surface area (Å²) in [5.41, 5.74) is 3.01. The minimum atomic E-state index is 0.281. The summed E-state index contributed by atoms with van der Waals surface area (Å²) in [5.74, 6) is 0.640. The summed E-state index contributed by atoms with van der Waals surface area (Å²) in [4.78, 5) is 2.62. The third-order valence-corrected chi connectivity index (χ3v) is 5.13. The summed E-state index contributed by atoms with van der Waals surface area (Å²) in [6.45, 7) is 16.0. The first kappa shape index (κ1) is 16.8. The van der Waals surface area contributed by atoms with Crippen LogP contribution < -0.4 is 10.2 Å². The van der Waals surface area contributed by atoms with E-state index in [0.717, 1.165) is 17.6 Å². The predicted molar refractivity (Wildman–Crippen MR) is 96.1 cm³/mol. The molecule has 2 nitrogen and oxygen atoms in total. The van der Waals surface area contributed by atoms with Crippen molar-refractivity contribution in [3.63, 3.8) is 0 Å². The zero-order chi connectivity index (χ0) is 15.8. The van der Waals surface area contributed by atoms with Gasteiger partial charge in [0.15, 0.2) is 0 Å². The number of nitrogens with zero attached hydrogens (tertiary/aromatic N) is 1. The van der Waals surface area contributed by atoms with Crippen LogP contribution in [0.15, 0.2) is 22.7 Å². The highest BCUT2D eigenvalue weighted by atomic mass is 79.9. The molecule has 1 aliphatic heterocycles. The number of anilines is 1. The molecule has 21 heavy (non-hydrogen) atoms. The molecule has 0 saturated carbocycles. The molecular weight excluding hydrogens is 324 g/mol. The Kier molecular flexibility index (Phi) is 5.04. The second-order valence-corrected chi connectivity index (χ2v) is 8.64. The van der Waals surface area contributed by atoms with Gasteiger partial charge in [-0.2, -0.15) is 0 Å². The topological polar surface area (TPSA) is 15.3 Å². The average Bonchev–Trinajstić information content (AvgIpc) is 2.37. The fraction of sp³-hybridized carbons (Fsp3) is 0.667. The molecule has 3 heteroatoms. The van der Waals surface area contributed by atoms with E-state index in [0.29, 0.717) is 18.0 Å². The Morgan fingerprint density at radius 2 is 1.95 bits per heavy atom. The minimum absolute atomic E-state index is 0.281. The molecule has 0 spiro atoms. The third-order valence-electron chi connectivity index (χ3n) is 4.64. The second kappa shape index (κ2) is 6.29. The molecule has 0 radical (unpaired) electrons. The molecule has 118 valence electrons. The van der Waals surface area contributed by atoms with Crippen LogP contribution >= 0.6 is 15.9 Å². The number of benzene rings is 1. The van der Waals surface area contributed by atoms with Gasteiger partial charge in [-0.05, 0) is 42.0 Å². The largest absolute Gasteiger partial charge is 0.365 e. The van der Waals surface area contributed by atoms with Crippen molar-refractivity contribution >= 4 is 21.6 Å². The molecule has 2 atom stereocenters. The first-order valence-corrected chi connectivity index (χ1v) is 8.75. The Labute approximate surface area is 138 Å². The number of nitrogens with one attached hydrogen (secondary N) is 1. The SMILES string of the molecule is Cc1cc(Br)ccc1N1CC(C(C)(C)C)NCC1C(C)C. The lowest BCUT2D eigenvalue weighted by molar-refractivity contribution is 0.220. The van der Waals surface area contributed by atoms with E-state index < -0.39 is 0 Å². The predicted octanol–water partition coefficient (Wildman–Crippen LogP) is 4.61. The summed E-state index contributed by atoms with van der Waals surface area (Å²) in [7, 11) is 0. The van der Waals surface area contributed by atoms with Gasteiger partial charge in [0.1, 0.15) is 0 Å². The molecule has 1 fully saturated rings. The molecule has 0 bridgehead atoms. The molecule has 1 saturated heterocycles. The molecule has 0 aromatic heterocycles. The van der Waals surface area contributed by atoms with Crippen LogP contribution in [0.2, 0.25) is 0 Å². The molecule has 2 unspecified atom stereocenters. The van der Waals surface area contributed by atoms with Gasteiger partial charge in [-0.25, -0.2) is 0 Å². The van der Waals surface area contributed by atoms with Crippen molar-refractivity contribution in [2.75, 3.05) is 18.0 Å². The molecule has 1 heterocycles. The van der Waals surface area contributed by atoms with E-state index in [9.17, 15) is 0 Å². The minimum Gasteiger partial charge on any atom is -0.365 e. The molecule has 2 rings (SSSR count). The maximum Gasteiger partial charge on any atom is 0.0438 e. The van der Waals surface area contributed by atoms with Gasteiger partial charge in [0.25, 0.3) is 0 Å². The van der Waals surface area contributed by atoms with Gasteiger partial charge in [0.2, 0.25) is 0 Å². The summed E-state index contributed by atoms with van der Waals surface area (Å²) < 4.78 is 1.16. The van der Waals surface area contributed by atoms with E-state index in [1.165, 1.54) is 11.3 Å². The highest BCUT2D eigenvalue weighted by Gasteiger charge is 2.35. The summed E-state index contributed by atoms with van der Waals surface area (Å²) in [6.07, 6.45) is 0. The van der Waals surface area contributed by atoms with Gasteiger partial charge in [-0.15, -0.1) is 0 Å². The standard InChI is InChI=1S/C18H29BrN2/c1-12(2)16-10-20-17(18(4,5)6)11-21(16)15-8-7-14(19)9-13(15)3/h7-9,12,16-17,20H,10-11H2,1-6H3. The quantitative estimate of drug-likeness (QED) is 0.836. The fourth-order valence-corrected chi connectivity index (χ4v) is 3.64. The molecule has 0 amide bonds. The molecular formula is C18H29BrN2. The molecule has 1 N–H and O–H groups in total. The third kappa shape index (κ3) is 3.81. The van der Waals surface area contributed by atoms with Gasteiger partial charge in [0, 0.05) is 35.3 Å². The van der Waals surface area contributed by atoms with Crippen LogP contribution in [-0.4, -0.2) is 25.2 Å². The maximum atomic E-state index is 3.77. The molecule has 1 aromatic rings. The lowest BCUT2D eigenvalue weighted by atomic mass is 9.83. The maximum absolute atomic E-state index is 3.77. The van der Waals surface area contributed by atoms with E-state index in [2.05, 4.69) is 85.9 Å². The molecule has 1 aliphatic rings. The van der Waals surface area contributed by atoms with E-state index in [1.54, 1.807) is 0 Å². The van der Waals surface area contributed by atoms with Crippen LogP contribution in [0.4, 0.5) is 5.69 Å². The highest BCUT2D eigenvalue weighted by Crippen LogP contribution is 2.32. The Morgan fingerprint density at radius 1 is 1.29 bits per heavy atom. The van der Waals surface area contributed by atoms with Crippen molar-refractivity contribution in [2.24, 2.45) is 11.3 Å².